The maximum atomic E-state index is 3.99. The van der Waals surface area contributed by atoms with Crippen molar-refractivity contribution in [2.24, 2.45) is 0 Å². The van der Waals surface area contributed by atoms with Crippen LogP contribution in [-0.4, -0.2) is 16.2 Å². The van der Waals surface area contributed by atoms with Crippen molar-refractivity contribution in [1.29, 1.82) is 0 Å². The summed E-state index contributed by atoms with van der Waals surface area (Å²) in [5.41, 5.74) is 3.47. The third kappa shape index (κ3) is 2.33. The molecule has 3 nitrogen and oxygen atoms in total. The summed E-state index contributed by atoms with van der Waals surface area (Å²) in [6, 6.07) is 11.2. The summed E-state index contributed by atoms with van der Waals surface area (Å²) in [5.74, 6) is 0. The van der Waals surface area contributed by atoms with E-state index in [0.29, 0.717) is 6.04 Å². The van der Waals surface area contributed by atoms with Gasteiger partial charge in [-0.15, -0.1) is 0 Å². The molecule has 1 aromatic heterocycles. The summed E-state index contributed by atoms with van der Waals surface area (Å²) in [4.78, 5) is 0. The van der Waals surface area contributed by atoms with Gasteiger partial charge in [0.2, 0.25) is 0 Å². The number of hydrogen-bond donors (Lipinski definition) is 2. The van der Waals surface area contributed by atoms with E-state index in [1.165, 1.54) is 36.9 Å². The average Bonchev–Trinajstić information content (AvgIpc) is 3.01. The van der Waals surface area contributed by atoms with Crippen molar-refractivity contribution in [1.82, 2.24) is 10.2 Å². The Labute approximate surface area is 101 Å². The molecule has 3 rings (SSSR count). The largest absolute Gasteiger partial charge is 0.382 e. The van der Waals surface area contributed by atoms with Gasteiger partial charge in [0, 0.05) is 23.5 Å². The van der Waals surface area contributed by atoms with Crippen molar-refractivity contribution in [2.75, 3.05) is 5.32 Å². The first kappa shape index (κ1) is 10.4. The van der Waals surface area contributed by atoms with Gasteiger partial charge in [0.15, 0.2) is 0 Å². The first-order chi connectivity index (χ1) is 8.42. The first-order valence-corrected chi connectivity index (χ1v) is 6.28. The zero-order valence-electron chi connectivity index (χ0n) is 9.82. The van der Waals surface area contributed by atoms with Crippen LogP contribution < -0.4 is 5.32 Å². The third-order valence-electron chi connectivity index (χ3n) is 3.40. The number of H-pyrrole nitrogens is 1. The molecule has 1 heterocycles. The maximum Gasteiger partial charge on any atom is 0.0650 e. The van der Waals surface area contributed by atoms with E-state index in [2.05, 4.69) is 39.8 Å². The number of benzene rings is 1. The fraction of sp³-hybridized carbons (Fsp3) is 0.357. The van der Waals surface area contributed by atoms with Crippen LogP contribution in [0.1, 0.15) is 25.7 Å². The second-order valence-electron chi connectivity index (χ2n) is 4.68. The number of anilines is 1. The lowest BCUT2D eigenvalue weighted by atomic mass is 10.1. The average molecular weight is 227 g/mol. The zero-order valence-corrected chi connectivity index (χ0v) is 9.82. The summed E-state index contributed by atoms with van der Waals surface area (Å²) < 4.78 is 0. The molecule has 0 atom stereocenters. The Morgan fingerprint density at radius 2 is 2.06 bits per heavy atom. The van der Waals surface area contributed by atoms with Crippen molar-refractivity contribution in [2.45, 2.75) is 31.7 Å². The van der Waals surface area contributed by atoms with Crippen LogP contribution in [0.5, 0.6) is 0 Å². The fourth-order valence-electron chi connectivity index (χ4n) is 2.50. The van der Waals surface area contributed by atoms with Crippen LogP contribution in [0.2, 0.25) is 0 Å². The van der Waals surface area contributed by atoms with Crippen LogP contribution in [0.4, 0.5) is 5.69 Å². The highest BCUT2D eigenvalue weighted by atomic mass is 15.1. The van der Waals surface area contributed by atoms with Gasteiger partial charge in [0.25, 0.3) is 0 Å². The van der Waals surface area contributed by atoms with E-state index in [1.807, 2.05) is 6.07 Å². The number of rotatable bonds is 3. The van der Waals surface area contributed by atoms with Crippen molar-refractivity contribution >= 4 is 5.69 Å². The van der Waals surface area contributed by atoms with Crippen LogP contribution in [0.25, 0.3) is 11.3 Å². The molecule has 0 bridgehead atoms. The predicted octanol–water partition coefficient (Wildman–Crippen LogP) is 3.43. The second-order valence-corrected chi connectivity index (χ2v) is 4.68. The Bertz CT molecular complexity index is 470. The number of nitrogens with one attached hydrogen (secondary N) is 2. The van der Waals surface area contributed by atoms with Crippen molar-refractivity contribution < 1.29 is 0 Å². The van der Waals surface area contributed by atoms with E-state index >= 15 is 0 Å². The van der Waals surface area contributed by atoms with Gasteiger partial charge >= 0.3 is 0 Å². The Morgan fingerprint density at radius 1 is 1.18 bits per heavy atom. The molecule has 3 heteroatoms. The van der Waals surface area contributed by atoms with Crippen LogP contribution in [0, 0.1) is 0 Å². The molecular weight excluding hydrogens is 210 g/mol. The molecule has 1 saturated carbocycles. The van der Waals surface area contributed by atoms with Gasteiger partial charge in [-0.25, -0.2) is 0 Å². The lowest BCUT2D eigenvalue weighted by molar-refractivity contribution is 0.755. The van der Waals surface area contributed by atoms with Crippen LogP contribution in [0.15, 0.2) is 36.5 Å². The quantitative estimate of drug-likeness (QED) is 0.843. The molecule has 1 aromatic carbocycles. The van der Waals surface area contributed by atoms with Crippen molar-refractivity contribution in [3.05, 3.63) is 36.5 Å². The van der Waals surface area contributed by atoms with E-state index in [0.717, 1.165) is 5.69 Å². The van der Waals surface area contributed by atoms with E-state index in [4.69, 9.17) is 0 Å². The molecule has 17 heavy (non-hydrogen) atoms. The summed E-state index contributed by atoms with van der Waals surface area (Å²) in [5, 5.41) is 10.6. The van der Waals surface area contributed by atoms with Crippen molar-refractivity contribution in [3.63, 3.8) is 0 Å². The van der Waals surface area contributed by atoms with Gasteiger partial charge in [0.1, 0.15) is 0 Å². The lowest BCUT2D eigenvalue weighted by Crippen LogP contribution is -2.14. The minimum Gasteiger partial charge on any atom is -0.382 e. The number of hydrogen-bond acceptors (Lipinski definition) is 2. The van der Waals surface area contributed by atoms with Gasteiger partial charge in [-0.1, -0.05) is 25.0 Å². The monoisotopic (exact) mass is 227 g/mol. The minimum absolute atomic E-state index is 0.659. The van der Waals surface area contributed by atoms with Gasteiger partial charge in [0.05, 0.1) is 5.69 Å². The molecular formula is C14H17N3. The van der Waals surface area contributed by atoms with Crippen molar-refractivity contribution in [3.8, 4) is 11.3 Å². The molecule has 88 valence electrons. The SMILES string of the molecule is c1cc(NC2CCCC2)cc(-c2ccn[nH]2)c1. The highest BCUT2D eigenvalue weighted by molar-refractivity contribution is 5.64. The Hall–Kier alpha value is -1.77. The zero-order chi connectivity index (χ0) is 11.5. The first-order valence-electron chi connectivity index (χ1n) is 6.28. The molecule has 2 aromatic rings. The van der Waals surface area contributed by atoms with Gasteiger partial charge in [-0.05, 0) is 31.0 Å². The van der Waals surface area contributed by atoms with E-state index in [1.54, 1.807) is 6.20 Å². The van der Waals surface area contributed by atoms with Gasteiger partial charge in [-0.2, -0.15) is 5.10 Å². The lowest BCUT2D eigenvalue weighted by Gasteiger charge is -2.14. The van der Waals surface area contributed by atoms with Crippen LogP contribution in [-0.2, 0) is 0 Å². The second kappa shape index (κ2) is 4.62. The highest BCUT2D eigenvalue weighted by Gasteiger charge is 2.14. The number of aromatic nitrogens is 2. The van der Waals surface area contributed by atoms with Gasteiger partial charge < -0.3 is 5.32 Å². The molecule has 0 unspecified atom stereocenters. The minimum atomic E-state index is 0.659. The third-order valence-corrected chi connectivity index (χ3v) is 3.40. The highest BCUT2D eigenvalue weighted by Crippen LogP contribution is 2.25. The van der Waals surface area contributed by atoms with Crippen LogP contribution in [0.3, 0.4) is 0 Å². The molecule has 0 aliphatic heterocycles. The molecule has 0 radical (unpaired) electrons. The smallest absolute Gasteiger partial charge is 0.0650 e. The molecule has 0 saturated heterocycles. The molecule has 1 fully saturated rings. The standard InChI is InChI=1S/C14H17N3/c1-2-6-12(5-1)16-13-7-3-4-11(10-13)14-8-9-15-17-14/h3-4,7-10,12,16H,1-2,5-6H2,(H,15,17). The molecule has 1 aliphatic carbocycles. The molecule has 2 N–H and O–H groups in total. The van der Waals surface area contributed by atoms with E-state index in [-0.39, 0.29) is 0 Å². The van der Waals surface area contributed by atoms with Crippen LogP contribution >= 0.6 is 0 Å². The van der Waals surface area contributed by atoms with E-state index < -0.39 is 0 Å². The normalized spacial score (nSPS) is 16.2. The maximum absolute atomic E-state index is 3.99. The topological polar surface area (TPSA) is 40.7 Å². The summed E-state index contributed by atoms with van der Waals surface area (Å²) in [6.45, 7) is 0. The fourth-order valence-corrected chi connectivity index (χ4v) is 2.50. The predicted molar refractivity (Wildman–Crippen MR) is 69.9 cm³/mol. The van der Waals surface area contributed by atoms with E-state index in [9.17, 15) is 0 Å². The number of nitrogens with zero attached hydrogens (tertiary/aromatic N) is 1. The Kier molecular flexibility index (Phi) is 2.82. The Morgan fingerprint density at radius 3 is 2.82 bits per heavy atom. The summed E-state index contributed by atoms with van der Waals surface area (Å²) in [7, 11) is 0. The molecule has 0 spiro atoms. The number of aromatic amines is 1. The van der Waals surface area contributed by atoms with Gasteiger partial charge in [-0.3, -0.25) is 5.10 Å². The Balaban J connectivity index is 1.79. The summed E-state index contributed by atoms with van der Waals surface area (Å²) >= 11 is 0. The molecule has 0 amide bonds. The summed E-state index contributed by atoms with van der Waals surface area (Å²) in [6.07, 6.45) is 7.10. The molecule has 1 aliphatic rings.